The van der Waals surface area contributed by atoms with Gasteiger partial charge in [-0.1, -0.05) is 41.4 Å². The van der Waals surface area contributed by atoms with Crippen molar-refractivity contribution in [3.63, 3.8) is 0 Å². The highest BCUT2D eigenvalue weighted by Crippen LogP contribution is 2.44. The van der Waals surface area contributed by atoms with Gasteiger partial charge >= 0.3 is 17.9 Å². The Morgan fingerprint density at radius 2 is 1.52 bits per heavy atom. The van der Waals surface area contributed by atoms with Crippen molar-refractivity contribution in [2.24, 2.45) is 0 Å². The van der Waals surface area contributed by atoms with Gasteiger partial charge in [0.15, 0.2) is 5.60 Å². The number of hydrogen-bond donors (Lipinski definition) is 5. The molecular formula is C29H31Cl2FN2O8. The van der Waals surface area contributed by atoms with Crippen molar-refractivity contribution in [2.75, 3.05) is 19.6 Å². The van der Waals surface area contributed by atoms with Gasteiger partial charge in [0, 0.05) is 27.6 Å². The lowest BCUT2D eigenvalue weighted by Crippen LogP contribution is -2.44. The number of aliphatic carboxylic acids is 3. The lowest BCUT2D eigenvalue weighted by atomic mass is 9.68. The summed E-state index contributed by atoms with van der Waals surface area (Å²) in [5, 5.41) is 38.3. The van der Waals surface area contributed by atoms with Crippen LogP contribution in [0.1, 0.15) is 49.8 Å². The monoisotopic (exact) mass is 624 g/mol. The van der Waals surface area contributed by atoms with Crippen molar-refractivity contribution in [2.45, 2.75) is 49.7 Å². The zero-order chi connectivity index (χ0) is 31.2. The van der Waals surface area contributed by atoms with E-state index in [1.54, 1.807) is 6.07 Å². The fraction of sp³-hybridized carbons (Fsp3) is 0.379. The third-order valence-electron chi connectivity index (χ3n) is 7.47. The molecule has 1 fully saturated rings. The van der Waals surface area contributed by atoms with Crippen molar-refractivity contribution >= 4 is 47.0 Å². The number of nitrogens with one attached hydrogen (secondary N) is 1. The lowest BCUT2D eigenvalue weighted by Gasteiger charge is -2.39. The first kappa shape index (κ1) is 33.0. The van der Waals surface area contributed by atoms with Crippen LogP contribution in [-0.2, 0) is 24.6 Å². The Morgan fingerprint density at radius 1 is 1.00 bits per heavy atom. The van der Waals surface area contributed by atoms with Crippen molar-refractivity contribution in [3.8, 4) is 0 Å². The summed E-state index contributed by atoms with van der Waals surface area (Å²) in [7, 11) is 0. The van der Waals surface area contributed by atoms with Gasteiger partial charge < -0.3 is 30.6 Å². The summed E-state index contributed by atoms with van der Waals surface area (Å²) >= 11 is 12.3. The van der Waals surface area contributed by atoms with Crippen LogP contribution in [0.15, 0.2) is 54.1 Å². The van der Waals surface area contributed by atoms with Crippen LogP contribution in [0.4, 0.5) is 4.39 Å². The van der Waals surface area contributed by atoms with Gasteiger partial charge in [0.2, 0.25) is 0 Å². The highest BCUT2D eigenvalue weighted by Gasteiger charge is 2.45. The summed E-state index contributed by atoms with van der Waals surface area (Å²) < 4.78 is 13.5. The first-order valence-electron chi connectivity index (χ1n) is 13.0. The number of amides is 1. The van der Waals surface area contributed by atoms with E-state index in [1.807, 2.05) is 42.2 Å². The number of carbonyl (C=O) groups excluding carboxylic acids is 1. The molecule has 13 heteroatoms. The van der Waals surface area contributed by atoms with Crippen LogP contribution in [0.25, 0.3) is 0 Å². The molecule has 1 unspecified atom stereocenters. The average Bonchev–Trinajstić information content (AvgIpc) is 3.29. The van der Waals surface area contributed by atoms with Crippen molar-refractivity contribution in [1.29, 1.82) is 0 Å². The number of carboxylic acid groups (broad SMARTS) is 3. The topological polar surface area (TPSA) is 164 Å². The quantitative estimate of drug-likeness (QED) is 0.277. The Bertz CT molecular complexity index is 1340. The molecule has 1 atom stereocenters. The number of piperidine rings is 1. The van der Waals surface area contributed by atoms with Crippen LogP contribution >= 0.6 is 23.2 Å². The standard InChI is InChI=1S/C23H23Cl2FN2O.C6H8O7/c1-15(16-12-18(24)14-19(25)13-16)28-11-6-21(22(28)29)23(7-9-27-10-8-23)17-2-4-20(26)5-3-17;7-3(8)1-6(13,5(11)12)2-4(9)10/h2-6,12-15,27H,7-11H2,1H3;13H,1-2H2,(H,7,8)(H,9,10)(H,11,12). The minimum atomic E-state index is -2.74. The molecule has 0 bridgehead atoms. The van der Waals surface area contributed by atoms with Gasteiger partial charge in [-0.3, -0.25) is 14.4 Å². The van der Waals surface area contributed by atoms with Crippen LogP contribution in [0.2, 0.25) is 10.0 Å². The fourth-order valence-corrected chi connectivity index (χ4v) is 5.84. The number of benzene rings is 2. The van der Waals surface area contributed by atoms with E-state index in [-0.39, 0.29) is 17.8 Å². The molecule has 4 rings (SSSR count). The third-order valence-corrected chi connectivity index (χ3v) is 7.91. The summed E-state index contributed by atoms with van der Waals surface area (Å²) in [6.45, 7) is 4.17. The molecule has 0 aromatic heterocycles. The maximum Gasteiger partial charge on any atom is 0.336 e. The molecule has 0 spiro atoms. The molecule has 2 heterocycles. The molecule has 2 aliphatic rings. The number of halogens is 3. The number of carboxylic acids is 3. The van der Waals surface area contributed by atoms with Gasteiger partial charge in [-0.25, -0.2) is 9.18 Å². The number of rotatable bonds is 9. The molecule has 0 radical (unpaired) electrons. The van der Waals surface area contributed by atoms with Gasteiger partial charge in [-0.2, -0.15) is 0 Å². The second kappa shape index (κ2) is 13.6. The number of hydrogen-bond acceptors (Lipinski definition) is 6. The van der Waals surface area contributed by atoms with Gasteiger partial charge in [0.05, 0.1) is 18.9 Å². The maximum atomic E-state index is 13.5. The van der Waals surface area contributed by atoms with E-state index >= 15 is 0 Å². The van der Waals surface area contributed by atoms with Crippen LogP contribution < -0.4 is 5.32 Å². The molecule has 2 aromatic rings. The SMILES string of the molecule is CC(c1cc(Cl)cc(Cl)c1)N1CC=C(C2(c3ccc(F)cc3)CCNCC2)C1=O.O=C(O)CC(O)(CC(=O)O)C(=O)O. The summed E-state index contributed by atoms with van der Waals surface area (Å²) in [6, 6.07) is 11.8. The van der Waals surface area contributed by atoms with Crippen molar-refractivity contribution < 1.29 is 44.0 Å². The molecule has 42 heavy (non-hydrogen) atoms. The van der Waals surface area contributed by atoms with E-state index in [1.165, 1.54) is 12.1 Å². The van der Waals surface area contributed by atoms with E-state index in [2.05, 4.69) is 5.32 Å². The minimum absolute atomic E-state index is 0.0276. The Labute approximate surface area is 251 Å². The van der Waals surface area contributed by atoms with E-state index in [9.17, 15) is 23.6 Å². The zero-order valence-corrected chi connectivity index (χ0v) is 24.2. The summed E-state index contributed by atoms with van der Waals surface area (Å²) in [6.07, 6.45) is 1.37. The third kappa shape index (κ3) is 7.65. The molecule has 0 saturated carbocycles. The molecule has 5 N–H and O–H groups in total. The largest absolute Gasteiger partial charge is 0.481 e. The van der Waals surface area contributed by atoms with E-state index in [4.69, 9.17) is 43.6 Å². The molecular weight excluding hydrogens is 594 g/mol. The Hall–Kier alpha value is -3.51. The van der Waals surface area contributed by atoms with Crippen LogP contribution in [0, 0.1) is 5.82 Å². The minimum Gasteiger partial charge on any atom is -0.481 e. The number of aliphatic hydroxyl groups is 1. The van der Waals surface area contributed by atoms with E-state index < -0.39 is 41.8 Å². The van der Waals surface area contributed by atoms with Crippen molar-refractivity contribution in [3.05, 3.63) is 81.1 Å². The van der Waals surface area contributed by atoms with Crippen LogP contribution in [0.3, 0.4) is 0 Å². The number of nitrogens with zero attached hydrogens (tertiary/aromatic N) is 1. The molecule has 10 nitrogen and oxygen atoms in total. The first-order chi connectivity index (χ1) is 19.7. The van der Waals surface area contributed by atoms with Gasteiger partial charge in [0.25, 0.3) is 5.91 Å². The smallest absolute Gasteiger partial charge is 0.336 e. The maximum absolute atomic E-state index is 13.5. The molecule has 0 aliphatic carbocycles. The number of carbonyl (C=O) groups is 4. The van der Waals surface area contributed by atoms with Gasteiger partial charge in [0.1, 0.15) is 5.82 Å². The molecule has 226 valence electrons. The highest BCUT2D eigenvalue weighted by atomic mass is 35.5. The van der Waals surface area contributed by atoms with Crippen LogP contribution in [-0.4, -0.2) is 74.4 Å². The molecule has 2 aromatic carbocycles. The normalized spacial score (nSPS) is 17.1. The van der Waals surface area contributed by atoms with Gasteiger partial charge in [-0.15, -0.1) is 0 Å². The highest BCUT2D eigenvalue weighted by molar-refractivity contribution is 6.34. The predicted molar refractivity (Wildman–Crippen MR) is 152 cm³/mol. The van der Waals surface area contributed by atoms with Crippen LogP contribution in [0.5, 0.6) is 0 Å². The fourth-order valence-electron chi connectivity index (χ4n) is 5.30. The zero-order valence-electron chi connectivity index (χ0n) is 22.6. The molecule has 1 saturated heterocycles. The predicted octanol–water partition coefficient (Wildman–Crippen LogP) is 4.04. The lowest BCUT2D eigenvalue weighted by molar-refractivity contribution is -0.170. The Morgan fingerprint density at radius 3 is 2.00 bits per heavy atom. The summed E-state index contributed by atoms with van der Waals surface area (Å²) in [5.41, 5.74) is -0.411. The van der Waals surface area contributed by atoms with Crippen molar-refractivity contribution in [1.82, 2.24) is 10.2 Å². The average molecular weight is 625 g/mol. The Kier molecular flexibility index (Phi) is 10.7. The van der Waals surface area contributed by atoms with E-state index in [0.29, 0.717) is 16.6 Å². The second-order valence-electron chi connectivity index (χ2n) is 10.3. The summed E-state index contributed by atoms with van der Waals surface area (Å²) in [4.78, 5) is 45.9. The second-order valence-corrected chi connectivity index (χ2v) is 11.1. The summed E-state index contributed by atoms with van der Waals surface area (Å²) in [5.74, 6) is -5.26. The van der Waals surface area contributed by atoms with Gasteiger partial charge in [-0.05, 0) is 74.3 Å². The molecule has 1 amide bonds. The molecule has 2 aliphatic heterocycles. The Balaban J connectivity index is 0.000000316. The first-order valence-corrected chi connectivity index (χ1v) is 13.8. The van der Waals surface area contributed by atoms with E-state index in [0.717, 1.165) is 42.6 Å².